The van der Waals surface area contributed by atoms with Crippen molar-refractivity contribution in [2.45, 2.75) is 27.7 Å². The van der Waals surface area contributed by atoms with Gasteiger partial charge in [-0.05, 0) is 45.4 Å². The Balaban J connectivity index is 1.93. The van der Waals surface area contributed by atoms with E-state index in [1.165, 1.54) is 0 Å². The van der Waals surface area contributed by atoms with Crippen molar-refractivity contribution in [2.24, 2.45) is 0 Å². The molecule has 156 valence electrons. The van der Waals surface area contributed by atoms with E-state index in [-0.39, 0.29) is 18.9 Å². The average Bonchev–Trinajstić information content (AvgIpc) is 3.00. The summed E-state index contributed by atoms with van der Waals surface area (Å²) in [6.45, 7) is 6.71. The van der Waals surface area contributed by atoms with Crippen LogP contribution in [0.3, 0.4) is 0 Å². The number of aryl methyl sites for hydroxylation is 1. The van der Waals surface area contributed by atoms with E-state index >= 15 is 0 Å². The lowest BCUT2D eigenvalue weighted by molar-refractivity contribution is -0.144. The van der Waals surface area contributed by atoms with E-state index in [1.807, 2.05) is 6.92 Å². The quantitative estimate of drug-likeness (QED) is 0.480. The number of ketones is 1. The number of aromatic nitrogens is 1. The summed E-state index contributed by atoms with van der Waals surface area (Å²) in [6.07, 6.45) is 0. The van der Waals surface area contributed by atoms with Gasteiger partial charge in [-0.15, -0.1) is 0 Å². The predicted molar refractivity (Wildman–Crippen MR) is 105 cm³/mol. The number of aromatic amines is 1. The topological polar surface area (TPSA) is 104 Å². The Bertz CT molecular complexity index is 885. The van der Waals surface area contributed by atoms with Gasteiger partial charge in [0, 0.05) is 5.69 Å². The van der Waals surface area contributed by atoms with Crippen LogP contribution in [0.2, 0.25) is 0 Å². The second kappa shape index (κ2) is 10.3. The summed E-state index contributed by atoms with van der Waals surface area (Å²) in [5.74, 6) is -0.730. The smallest absolute Gasteiger partial charge is 0.344 e. The number of Topliss-reactive ketones (excluding diaryl/α,β-unsaturated/α-hetero) is 1. The van der Waals surface area contributed by atoms with Crippen LogP contribution in [-0.4, -0.2) is 49.1 Å². The van der Waals surface area contributed by atoms with Crippen molar-refractivity contribution >= 4 is 17.7 Å². The van der Waals surface area contributed by atoms with Gasteiger partial charge < -0.3 is 23.9 Å². The molecular formula is C21H25NO7. The third-order valence-corrected chi connectivity index (χ3v) is 4.05. The molecule has 8 nitrogen and oxygen atoms in total. The largest absolute Gasteiger partial charge is 0.490 e. The molecule has 1 aromatic carbocycles. The summed E-state index contributed by atoms with van der Waals surface area (Å²) in [5, 5.41) is 0. The van der Waals surface area contributed by atoms with Crippen LogP contribution in [-0.2, 0) is 14.3 Å². The van der Waals surface area contributed by atoms with Gasteiger partial charge in [0.25, 0.3) is 0 Å². The number of rotatable bonds is 10. The number of nitrogens with one attached hydrogen (secondary N) is 1. The number of benzene rings is 1. The summed E-state index contributed by atoms with van der Waals surface area (Å²) in [5.41, 5.74) is 1.51. The van der Waals surface area contributed by atoms with Crippen molar-refractivity contribution in [2.75, 3.05) is 26.4 Å². The summed E-state index contributed by atoms with van der Waals surface area (Å²) in [4.78, 5) is 39.2. The van der Waals surface area contributed by atoms with E-state index < -0.39 is 24.3 Å². The van der Waals surface area contributed by atoms with Gasteiger partial charge in [-0.3, -0.25) is 4.79 Å². The van der Waals surface area contributed by atoms with Crippen LogP contribution in [0.1, 0.15) is 46.0 Å². The molecule has 2 rings (SSSR count). The van der Waals surface area contributed by atoms with E-state index in [1.54, 1.807) is 45.0 Å². The monoisotopic (exact) mass is 403 g/mol. The molecule has 0 saturated heterocycles. The Morgan fingerprint density at radius 3 is 2.17 bits per heavy atom. The molecule has 8 heteroatoms. The number of carbonyl (C=O) groups excluding carboxylic acids is 3. The van der Waals surface area contributed by atoms with Crippen molar-refractivity contribution in [3.8, 4) is 11.5 Å². The number of carbonyl (C=O) groups is 3. The maximum absolute atomic E-state index is 12.4. The summed E-state index contributed by atoms with van der Waals surface area (Å²) < 4.78 is 20.8. The Morgan fingerprint density at radius 1 is 0.897 bits per heavy atom. The standard InChI is InChI=1S/C21H25NO7/c1-5-26-16-9-7-8-10-17(16)28-12-18(24)29-11-15(23)20-13(3)19(14(4)22-20)21(25)27-6-2/h7-10,22H,5-6,11-12H2,1-4H3. The molecule has 29 heavy (non-hydrogen) atoms. The Morgan fingerprint density at radius 2 is 1.55 bits per heavy atom. The number of esters is 2. The Hall–Kier alpha value is -3.29. The Kier molecular flexibility index (Phi) is 7.82. The molecule has 0 aliphatic rings. The number of hydrogen-bond donors (Lipinski definition) is 1. The molecule has 0 saturated carbocycles. The number of hydrogen-bond acceptors (Lipinski definition) is 7. The zero-order chi connectivity index (χ0) is 21.4. The molecule has 0 amide bonds. The average molecular weight is 403 g/mol. The molecule has 1 N–H and O–H groups in total. The fourth-order valence-corrected chi connectivity index (χ4v) is 2.78. The number of para-hydroxylation sites is 2. The van der Waals surface area contributed by atoms with Gasteiger partial charge in [0.1, 0.15) is 0 Å². The highest BCUT2D eigenvalue weighted by molar-refractivity contribution is 6.02. The minimum absolute atomic E-state index is 0.209. The van der Waals surface area contributed by atoms with Gasteiger partial charge in [0.15, 0.2) is 24.7 Å². The van der Waals surface area contributed by atoms with Crippen LogP contribution >= 0.6 is 0 Å². The number of ether oxygens (including phenoxy) is 4. The van der Waals surface area contributed by atoms with Crippen molar-refractivity contribution < 1.29 is 33.3 Å². The SMILES string of the molecule is CCOC(=O)c1c(C)[nH]c(C(=O)COC(=O)COc2ccccc2OCC)c1C. The molecule has 0 aliphatic carbocycles. The molecule has 2 aromatic rings. The molecule has 0 aliphatic heterocycles. The van der Waals surface area contributed by atoms with Crippen molar-refractivity contribution in [3.05, 3.63) is 46.8 Å². The van der Waals surface area contributed by atoms with E-state index in [4.69, 9.17) is 18.9 Å². The van der Waals surface area contributed by atoms with Crippen molar-refractivity contribution in [1.29, 1.82) is 0 Å². The third-order valence-electron chi connectivity index (χ3n) is 4.05. The van der Waals surface area contributed by atoms with E-state index in [9.17, 15) is 14.4 Å². The molecule has 0 bridgehead atoms. The highest BCUT2D eigenvalue weighted by Crippen LogP contribution is 2.26. The van der Waals surface area contributed by atoms with Gasteiger partial charge in [-0.2, -0.15) is 0 Å². The normalized spacial score (nSPS) is 10.3. The molecular weight excluding hydrogens is 378 g/mol. The first-order valence-electron chi connectivity index (χ1n) is 9.28. The maximum atomic E-state index is 12.4. The minimum Gasteiger partial charge on any atom is -0.490 e. The van der Waals surface area contributed by atoms with Crippen LogP contribution in [0, 0.1) is 13.8 Å². The second-order valence-electron chi connectivity index (χ2n) is 6.10. The van der Waals surface area contributed by atoms with Gasteiger partial charge in [0.05, 0.1) is 24.5 Å². The minimum atomic E-state index is -0.698. The lowest BCUT2D eigenvalue weighted by Gasteiger charge is -2.11. The third kappa shape index (κ3) is 5.60. The van der Waals surface area contributed by atoms with Crippen LogP contribution < -0.4 is 9.47 Å². The fraction of sp³-hybridized carbons (Fsp3) is 0.381. The first-order valence-corrected chi connectivity index (χ1v) is 9.28. The van der Waals surface area contributed by atoms with Crippen molar-refractivity contribution in [1.82, 2.24) is 4.98 Å². The predicted octanol–water partition coefficient (Wildman–Crippen LogP) is 3.01. The zero-order valence-corrected chi connectivity index (χ0v) is 17.0. The molecule has 1 aromatic heterocycles. The summed E-state index contributed by atoms with van der Waals surface area (Å²) in [7, 11) is 0. The molecule has 0 spiro atoms. The lowest BCUT2D eigenvalue weighted by atomic mass is 10.1. The van der Waals surface area contributed by atoms with E-state index in [0.717, 1.165) is 0 Å². The van der Waals surface area contributed by atoms with E-state index in [2.05, 4.69) is 4.98 Å². The van der Waals surface area contributed by atoms with Gasteiger partial charge in [-0.1, -0.05) is 12.1 Å². The van der Waals surface area contributed by atoms with Gasteiger partial charge >= 0.3 is 11.9 Å². The fourth-order valence-electron chi connectivity index (χ4n) is 2.78. The highest BCUT2D eigenvalue weighted by Gasteiger charge is 2.23. The molecule has 0 unspecified atom stereocenters. The van der Waals surface area contributed by atoms with Crippen molar-refractivity contribution in [3.63, 3.8) is 0 Å². The van der Waals surface area contributed by atoms with E-state index in [0.29, 0.717) is 34.9 Å². The molecule has 0 fully saturated rings. The summed E-state index contributed by atoms with van der Waals surface area (Å²) in [6, 6.07) is 6.95. The number of H-pyrrole nitrogens is 1. The van der Waals surface area contributed by atoms with Gasteiger partial charge in [-0.25, -0.2) is 9.59 Å². The highest BCUT2D eigenvalue weighted by atomic mass is 16.6. The Labute approximate surface area is 169 Å². The zero-order valence-electron chi connectivity index (χ0n) is 17.0. The maximum Gasteiger partial charge on any atom is 0.344 e. The molecule has 1 heterocycles. The first kappa shape index (κ1) is 22.0. The second-order valence-corrected chi connectivity index (χ2v) is 6.10. The van der Waals surface area contributed by atoms with Crippen LogP contribution in [0.15, 0.2) is 24.3 Å². The lowest BCUT2D eigenvalue weighted by Crippen LogP contribution is -2.20. The van der Waals surface area contributed by atoms with Crippen LogP contribution in [0.4, 0.5) is 0 Å². The van der Waals surface area contributed by atoms with Gasteiger partial charge in [0.2, 0.25) is 5.78 Å². The summed E-state index contributed by atoms with van der Waals surface area (Å²) >= 11 is 0. The molecule has 0 atom stereocenters. The first-order chi connectivity index (χ1) is 13.9. The molecule has 0 radical (unpaired) electrons. The van der Waals surface area contributed by atoms with Crippen LogP contribution in [0.5, 0.6) is 11.5 Å². The van der Waals surface area contributed by atoms with Crippen LogP contribution in [0.25, 0.3) is 0 Å².